The van der Waals surface area contributed by atoms with Crippen LogP contribution in [-0.4, -0.2) is 81.8 Å². The van der Waals surface area contributed by atoms with E-state index in [1.807, 2.05) is 43.1 Å². The first-order valence-corrected chi connectivity index (χ1v) is 13.4. The third kappa shape index (κ3) is 3.58. The van der Waals surface area contributed by atoms with Gasteiger partial charge >= 0.3 is 5.97 Å². The number of carbonyl (C=O) groups is 3. The van der Waals surface area contributed by atoms with Gasteiger partial charge in [-0.3, -0.25) is 14.4 Å². The van der Waals surface area contributed by atoms with Crippen molar-refractivity contribution in [2.75, 3.05) is 19.8 Å². The zero-order chi connectivity index (χ0) is 24.8. The summed E-state index contributed by atoms with van der Waals surface area (Å²) in [5.74, 6) is -2.61. The van der Waals surface area contributed by atoms with Crippen molar-refractivity contribution in [3.8, 4) is 0 Å². The number of rotatable bonds is 5. The number of ether oxygens (including phenoxy) is 2. The average molecular weight is 487 g/mol. The normalized spacial score (nSPS) is 38.4. The largest absolute Gasteiger partial charge is 0.465 e. The first-order chi connectivity index (χ1) is 16.9. The van der Waals surface area contributed by atoms with E-state index in [2.05, 4.69) is 0 Å². The molecular formula is C27H38N2O6. The van der Waals surface area contributed by atoms with Crippen LogP contribution >= 0.6 is 0 Å². The summed E-state index contributed by atoms with van der Waals surface area (Å²) >= 11 is 0. The summed E-state index contributed by atoms with van der Waals surface area (Å²) in [5, 5.41) is 10.2. The van der Waals surface area contributed by atoms with Crippen LogP contribution in [0.2, 0.25) is 0 Å². The molecule has 5 rings (SSSR count). The van der Waals surface area contributed by atoms with Crippen molar-refractivity contribution in [3.05, 3.63) is 24.3 Å². The van der Waals surface area contributed by atoms with E-state index in [0.29, 0.717) is 25.8 Å². The smallest absolute Gasteiger partial charge is 0.313 e. The Balaban J connectivity index is 1.66. The van der Waals surface area contributed by atoms with Crippen LogP contribution in [-0.2, 0) is 23.9 Å². The number of aliphatic hydroxyl groups excluding tert-OH is 1. The van der Waals surface area contributed by atoms with Gasteiger partial charge in [0.25, 0.3) is 0 Å². The minimum Gasteiger partial charge on any atom is -0.465 e. The topological polar surface area (TPSA) is 96.4 Å². The lowest BCUT2D eigenvalue weighted by atomic mass is 9.73. The summed E-state index contributed by atoms with van der Waals surface area (Å²) < 4.78 is 12.5. The van der Waals surface area contributed by atoms with E-state index in [9.17, 15) is 19.5 Å². The molecule has 1 N–H and O–H groups in total. The number of aliphatic hydroxyl groups is 1. The van der Waals surface area contributed by atoms with Gasteiger partial charge in [0.1, 0.15) is 23.2 Å². The highest BCUT2D eigenvalue weighted by atomic mass is 16.6. The van der Waals surface area contributed by atoms with E-state index in [4.69, 9.17) is 9.47 Å². The second kappa shape index (κ2) is 9.36. The number of cyclic esters (lactones) is 1. The average Bonchev–Trinajstić information content (AvgIpc) is 3.21. The van der Waals surface area contributed by atoms with Crippen LogP contribution in [0.5, 0.6) is 0 Å². The van der Waals surface area contributed by atoms with Gasteiger partial charge in [-0.15, -0.1) is 0 Å². The number of hydrogen-bond donors (Lipinski definition) is 1. The monoisotopic (exact) mass is 486 g/mol. The molecule has 8 heteroatoms. The molecule has 4 aliphatic heterocycles. The standard InChI is InChI=1S/C27H38N2O6/c1-3-18(17-30)29-22-24(32)28(19-11-6-5-7-12-19)15-10-14-27(22)20(23(29)31)21-25(33)34-16-9-8-13-26(21,4-2)35-27/h8,10,13-14,18-22,30H,3-7,9,11-12,15-17H2,1-2H3/t18-,20-,21-,22?,26+,27-/m0/s1. The highest BCUT2D eigenvalue weighted by Crippen LogP contribution is 2.58. The van der Waals surface area contributed by atoms with Gasteiger partial charge in [-0.05, 0) is 32.1 Å². The molecule has 2 saturated heterocycles. The Morgan fingerprint density at radius 3 is 2.51 bits per heavy atom. The van der Waals surface area contributed by atoms with Crippen LogP contribution in [0.1, 0.15) is 65.2 Å². The lowest BCUT2D eigenvalue weighted by molar-refractivity contribution is -0.164. The number of esters is 1. The minimum absolute atomic E-state index is 0.126. The molecule has 35 heavy (non-hydrogen) atoms. The van der Waals surface area contributed by atoms with Crippen molar-refractivity contribution >= 4 is 17.8 Å². The van der Waals surface area contributed by atoms with Gasteiger partial charge in [0.15, 0.2) is 0 Å². The summed E-state index contributed by atoms with van der Waals surface area (Å²) in [5.41, 5.74) is -2.30. The fourth-order valence-corrected chi connectivity index (χ4v) is 7.21. The third-order valence-corrected chi connectivity index (χ3v) is 8.96. The van der Waals surface area contributed by atoms with E-state index >= 15 is 0 Å². The SMILES string of the molecule is CC[C@@H](CO)N1C(=O)[C@@H]2[C@H]3C(=O)OCCC=C[C@@]3(CC)O[C@@]23C=CCN(C2CCCCC2)C(=O)C13. The van der Waals surface area contributed by atoms with E-state index in [-0.39, 0.29) is 31.1 Å². The van der Waals surface area contributed by atoms with Crippen molar-refractivity contribution in [3.63, 3.8) is 0 Å². The predicted octanol–water partition coefficient (Wildman–Crippen LogP) is 2.35. The van der Waals surface area contributed by atoms with Crippen molar-refractivity contribution in [1.82, 2.24) is 9.80 Å². The van der Waals surface area contributed by atoms with Gasteiger partial charge in [0, 0.05) is 12.6 Å². The summed E-state index contributed by atoms with van der Waals surface area (Å²) in [7, 11) is 0. The van der Waals surface area contributed by atoms with Crippen molar-refractivity contribution in [2.24, 2.45) is 11.8 Å². The number of hydrogen-bond acceptors (Lipinski definition) is 6. The molecule has 1 unspecified atom stereocenters. The molecule has 0 aromatic heterocycles. The molecule has 2 amide bonds. The van der Waals surface area contributed by atoms with Gasteiger partial charge in [0.05, 0.1) is 25.2 Å². The third-order valence-electron chi connectivity index (χ3n) is 8.96. The van der Waals surface area contributed by atoms with Crippen LogP contribution in [0.15, 0.2) is 24.3 Å². The number of fused-ring (bicyclic) bond motifs is 2. The van der Waals surface area contributed by atoms with Gasteiger partial charge in [0.2, 0.25) is 11.8 Å². The Bertz CT molecular complexity index is 923. The van der Waals surface area contributed by atoms with Crippen molar-refractivity contribution in [1.29, 1.82) is 0 Å². The van der Waals surface area contributed by atoms with Crippen LogP contribution < -0.4 is 0 Å². The molecule has 4 heterocycles. The van der Waals surface area contributed by atoms with Crippen molar-refractivity contribution < 1.29 is 29.0 Å². The summed E-state index contributed by atoms with van der Waals surface area (Å²) in [6.07, 6.45) is 14.5. The van der Waals surface area contributed by atoms with Crippen molar-refractivity contribution in [2.45, 2.75) is 94.5 Å². The second-order valence-electron chi connectivity index (χ2n) is 10.7. The Labute approximate surface area is 207 Å². The van der Waals surface area contributed by atoms with E-state index < -0.39 is 41.1 Å². The highest BCUT2D eigenvalue weighted by molar-refractivity contribution is 5.99. The number of amides is 2. The van der Waals surface area contributed by atoms with E-state index in [0.717, 1.165) is 25.7 Å². The molecule has 1 aliphatic carbocycles. The Kier molecular flexibility index (Phi) is 6.55. The number of carbonyl (C=O) groups excluding carboxylic acids is 3. The zero-order valence-electron chi connectivity index (χ0n) is 20.9. The first kappa shape index (κ1) is 24.5. The van der Waals surface area contributed by atoms with Gasteiger partial charge in [-0.1, -0.05) is 57.4 Å². The predicted molar refractivity (Wildman–Crippen MR) is 128 cm³/mol. The summed E-state index contributed by atoms with van der Waals surface area (Å²) in [6, 6.07) is -1.32. The van der Waals surface area contributed by atoms with E-state index in [1.54, 1.807) is 4.90 Å². The summed E-state index contributed by atoms with van der Waals surface area (Å²) in [4.78, 5) is 45.4. The zero-order valence-corrected chi connectivity index (χ0v) is 20.9. The number of likely N-dealkylation sites (tertiary alicyclic amines) is 1. The maximum atomic E-state index is 14.4. The molecule has 0 aromatic rings. The van der Waals surface area contributed by atoms with Gasteiger partial charge in [-0.2, -0.15) is 0 Å². The van der Waals surface area contributed by atoms with Gasteiger partial charge < -0.3 is 24.4 Å². The molecule has 1 spiro atoms. The quantitative estimate of drug-likeness (QED) is 0.473. The molecule has 1 saturated carbocycles. The molecule has 0 aromatic carbocycles. The first-order valence-electron chi connectivity index (χ1n) is 13.4. The molecule has 192 valence electrons. The van der Waals surface area contributed by atoms with Crippen LogP contribution in [0.4, 0.5) is 0 Å². The Morgan fingerprint density at radius 1 is 1.06 bits per heavy atom. The van der Waals surface area contributed by atoms with E-state index in [1.165, 1.54) is 6.42 Å². The lowest BCUT2D eigenvalue weighted by Crippen LogP contribution is -2.60. The molecule has 0 bridgehead atoms. The minimum atomic E-state index is -1.28. The molecular weight excluding hydrogens is 448 g/mol. The maximum Gasteiger partial charge on any atom is 0.313 e. The lowest BCUT2D eigenvalue weighted by Gasteiger charge is -2.42. The maximum absolute atomic E-state index is 14.4. The molecule has 5 aliphatic rings. The Morgan fingerprint density at radius 2 is 1.83 bits per heavy atom. The Hall–Kier alpha value is -2.19. The van der Waals surface area contributed by atoms with Crippen LogP contribution in [0, 0.1) is 11.8 Å². The fourth-order valence-electron chi connectivity index (χ4n) is 7.21. The fraction of sp³-hybridized carbons (Fsp3) is 0.741. The molecule has 8 nitrogen and oxygen atoms in total. The van der Waals surface area contributed by atoms with Crippen LogP contribution in [0.25, 0.3) is 0 Å². The number of nitrogens with zero attached hydrogens (tertiary/aromatic N) is 2. The molecule has 0 radical (unpaired) electrons. The van der Waals surface area contributed by atoms with Crippen LogP contribution in [0.3, 0.4) is 0 Å². The highest BCUT2D eigenvalue weighted by Gasteiger charge is 2.76. The summed E-state index contributed by atoms with van der Waals surface area (Å²) in [6.45, 7) is 4.30. The van der Waals surface area contributed by atoms with Gasteiger partial charge in [-0.25, -0.2) is 0 Å². The molecule has 3 fully saturated rings. The second-order valence-corrected chi connectivity index (χ2v) is 10.7. The molecule has 6 atom stereocenters.